The Bertz CT molecular complexity index is 427. The molecule has 1 atom stereocenters. The molecule has 0 spiro atoms. The fourth-order valence-corrected chi connectivity index (χ4v) is 2.43. The molecule has 0 radical (unpaired) electrons. The molecule has 21 heavy (non-hydrogen) atoms. The SMILES string of the molecule is CC(CC([O-])=C1C=CC=C1)CC(C)(C)C.[Fe+2].c1cc[cH-]c1. The summed E-state index contributed by atoms with van der Waals surface area (Å²) < 4.78 is 0. The molecule has 1 aliphatic rings. The number of hydrogen-bond acceptors (Lipinski definition) is 1. The quantitative estimate of drug-likeness (QED) is 0.452. The van der Waals surface area contributed by atoms with Gasteiger partial charge in [0.25, 0.3) is 0 Å². The Hall–Kier alpha value is -1.11. The van der Waals surface area contributed by atoms with E-state index in [1.54, 1.807) is 0 Å². The van der Waals surface area contributed by atoms with Crippen molar-refractivity contribution in [1.82, 2.24) is 0 Å². The Morgan fingerprint density at radius 3 is 2.05 bits per heavy atom. The second-order valence-corrected chi connectivity index (χ2v) is 6.63. The minimum Gasteiger partial charge on any atom is -0.875 e. The number of rotatable bonds is 3. The van der Waals surface area contributed by atoms with Crippen molar-refractivity contribution < 1.29 is 22.2 Å². The van der Waals surface area contributed by atoms with Gasteiger partial charge in [-0.1, -0.05) is 52.0 Å². The minimum atomic E-state index is 0. The molecule has 0 N–H and O–H groups in total. The summed E-state index contributed by atoms with van der Waals surface area (Å²) in [6.07, 6.45) is 9.39. The smallest absolute Gasteiger partial charge is 0.875 e. The van der Waals surface area contributed by atoms with Crippen molar-refractivity contribution in [2.45, 2.75) is 40.5 Å². The maximum Gasteiger partial charge on any atom is 2.00 e. The van der Waals surface area contributed by atoms with Crippen molar-refractivity contribution in [3.63, 3.8) is 0 Å². The Morgan fingerprint density at radius 2 is 1.67 bits per heavy atom. The third kappa shape index (κ3) is 9.44. The first kappa shape index (κ1) is 19.9. The summed E-state index contributed by atoms with van der Waals surface area (Å²) in [5.41, 5.74) is 1.17. The van der Waals surface area contributed by atoms with E-state index in [0.29, 0.717) is 17.8 Å². The first-order valence-corrected chi connectivity index (χ1v) is 7.30. The van der Waals surface area contributed by atoms with Gasteiger partial charge >= 0.3 is 17.1 Å². The molecule has 0 bridgehead atoms. The predicted octanol–water partition coefficient (Wildman–Crippen LogP) is 4.59. The van der Waals surface area contributed by atoms with Crippen molar-refractivity contribution >= 4 is 0 Å². The van der Waals surface area contributed by atoms with Crippen molar-refractivity contribution in [3.05, 3.63) is 66.0 Å². The molecule has 0 aromatic heterocycles. The zero-order valence-electron chi connectivity index (χ0n) is 13.4. The number of hydrogen-bond donors (Lipinski definition) is 0. The second kappa shape index (κ2) is 9.76. The molecule has 0 amide bonds. The van der Waals surface area contributed by atoms with E-state index in [2.05, 4.69) is 27.7 Å². The van der Waals surface area contributed by atoms with Gasteiger partial charge in [-0.25, -0.2) is 12.1 Å². The standard InChI is InChI=1S/C14H22O.C5H5.Fe/c1-11(10-14(2,3)4)9-13(15)12-7-5-6-8-12;1-2-4-5-3-1;/h5-8,11,15H,9-10H2,1-4H3;1-5H;/q;-1;+2/p-1. The zero-order chi connectivity index (χ0) is 15.0. The van der Waals surface area contributed by atoms with Gasteiger partial charge in [-0.3, -0.25) is 0 Å². The van der Waals surface area contributed by atoms with E-state index in [4.69, 9.17) is 0 Å². The summed E-state index contributed by atoms with van der Waals surface area (Å²) in [5.74, 6) is 0.740. The summed E-state index contributed by atoms with van der Waals surface area (Å²) in [4.78, 5) is 0. The van der Waals surface area contributed by atoms with E-state index in [1.165, 1.54) is 0 Å². The maximum absolute atomic E-state index is 11.8. The molecular weight excluding hydrogens is 300 g/mol. The molecule has 1 nitrogen and oxygen atoms in total. The summed E-state index contributed by atoms with van der Waals surface area (Å²) in [5, 5.41) is 11.8. The van der Waals surface area contributed by atoms with Crippen LogP contribution in [0, 0.1) is 11.3 Å². The van der Waals surface area contributed by atoms with Gasteiger partial charge in [0.15, 0.2) is 0 Å². The second-order valence-electron chi connectivity index (χ2n) is 6.63. The minimum absolute atomic E-state index is 0. The topological polar surface area (TPSA) is 23.1 Å². The average Bonchev–Trinajstić information content (AvgIpc) is 3.03. The van der Waals surface area contributed by atoms with Gasteiger partial charge in [-0.05, 0) is 29.7 Å². The molecule has 0 saturated heterocycles. The third-order valence-electron chi connectivity index (χ3n) is 3.03. The van der Waals surface area contributed by atoms with Gasteiger partial charge in [0.1, 0.15) is 0 Å². The Kier molecular flexibility index (Phi) is 9.24. The van der Waals surface area contributed by atoms with Crippen molar-refractivity contribution in [2.24, 2.45) is 11.3 Å². The van der Waals surface area contributed by atoms with E-state index in [-0.39, 0.29) is 22.8 Å². The monoisotopic (exact) mass is 326 g/mol. The fraction of sp³-hybridized carbons (Fsp3) is 0.421. The van der Waals surface area contributed by atoms with E-state index >= 15 is 0 Å². The predicted molar refractivity (Wildman–Crippen MR) is 85.2 cm³/mol. The molecule has 1 unspecified atom stereocenters. The zero-order valence-corrected chi connectivity index (χ0v) is 14.6. The summed E-state index contributed by atoms with van der Waals surface area (Å²) in [6.45, 7) is 8.82. The molecule has 1 aromatic carbocycles. The van der Waals surface area contributed by atoms with Crippen LogP contribution in [-0.4, -0.2) is 0 Å². The summed E-state index contributed by atoms with van der Waals surface area (Å²) in [7, 11) is 0. The van der Waals surface area contributed by atoms with E-state index in [1.807, 2.05) is 54.6 Å². The Labute approximate surface area is 140 Å². The third-order valence-corrected chi connectivity index (χ3v) is 3.03. The molecule has 0 saturated carbocycles. The molecule has 116 valence electrons. The molecule has 0 fully saturated rings. The Balaban J connectivity index is 0.000000562. The van der Waals surface area contributed by atoms with Gasteiger partial charge < -0.3 is 5.11 Å². The first-order chi connectivity index (χ1) is 9.38. The van der Waals surface area contributed by atoms with Crippen LogP contribution < -0.4 is 5.11 Å². The van der Waals surface area contributed by atoms with Crippen molar-refractivity contribution in [3.8, 4) is 0 Å². The summed E-state index contributed by atoms with van der Waals surface area (Å²) >= 11 is 0. The number of allylic oxidation sites excluding steroid dienone is 6. The van der Waals surface area contributed by atoms with Crippen LogP contribution in [0.5, 0.6) is 0 Å². The van der Waals surface area contributed by atoms with Crippen LogP contribution in [0.25, 0.3) is 0 Å². The van der Waals surface area contributed by atoms with Crippen LogP contribution in [0.15, 0.2) is 66.0 Å². The van der Waals surface area contributed by atoms with Crippen molar-refractivity contribution in [2.75, 3.05) is 0 Å². The molecule has 2 heteroatoms. The largest absolute Gasteiger partial charge is 2.00 e. The normalized spacial score (nSPS) is 14.2. The van der Waals surface area contributed by atoms with Gasteiger partial charge in [-0.2, -0.15) is 18.2 Å². The maximum atomic E-state index is 11.8. The molecular formula is C19H26FeO. The Morgan fingerprint density at radius 1 is 1.14 bits per heavy atom. The molecule has 2 rings (SSSR count). The van der Waals surface area contributed by atoms with Crippen LogP contribution in [0.3, 0.4) is 0 Å². The van der Waals surface area contributed by atoms with Crippen LogP contribution >= 0.6 is 0 Å². The molecule has 0 aliphatic heterocycles. The van der Waals surface area contributed by atoms with Gasteiger partial charge in [0.2, 0.25) is 0 Å². The average molecular weight is 326 g/mol. The van der Waals surface area contributed by atoms with Crippen LogP contribution in [0.2, 0.25) is 0 Å². The van der Waals surface area contributed by atoms with Crippen LogP contribution in [0.1, 0.15) is 40.5 Å². The van der Waals surface area contributed by atoms with Gasteiger partial charge in [0.05, 0.1) is 0 Å². The van der Waals surface area contributed by atoms with E-state index in [0.717, 1.165) is 12.0 Å². The fourth-order valence-electron chi connectivity index (χ4n) is 2.43. The molecule has 1 aromatic rings. The van der Waals surface area contributed by atoms with Crippen molar-refractivity contribution in [1.29, 1.82) is 0 Å². The molecule has 1 aliphatic carbocycles. The summed E-state index contributed by atoms with van der Waals surface area (Å²) in [6, 6.07) is 10.0. The van der Waals surface area contributed by atoms with Gasteiger partial charge in [-0.15, -0.1) is 5.76 Å². The van der Waals surface area contributed by atoms with E-state index in [9.17, 15) is 5.11 Å². The van der Waals surface area contributed by atoms with E-state index < -0.39 is 0 Å². The van der Waals surface area contributed by atoms with Crippen LogP contribution in [0.4, 0.5) is 0 Å². The first-order valence-electron chi connectivity index (χ1n) is 7.30. The van der Waals surface area contributed by atoms with Gasteiger partial charge in [0, 0.05) is 0 Å². The van der Waals surface area contributed by atoms with Crippen LogP contribution in [-0.2, 0) is 17.1 Å². The molecule has 0 heterocycles.